The van der Waals surface area contributed by atoms with E-state index >= 15 is 0 Å². The second-order valence-corrected chi connectivity index (χ2v) is 6.03. The molecule has 0 aromatic heterocycles. The van der Waals surface area contributed by atoms with Crippen molar-refractivity contribution in [2.75, 3.05) is 20.8 Å². The van der Waals surface area contributed by atoms with Gasteiger partial charge in [0.05, 0.1) is 12.6 Å². The van der Waals surface area contributed by atoms with Gasteiger partial charge < -0.3 is 15.0 Å². The second kappa shape index (κ2) is 8.65. The zero-order chi connectivity index (χ0) is 16.7. The van der Waals surface area contributed by atoms with Crippen molar-refractivity contribution in [1.29, 1.82) is 0 Å². The smallest absolute Gasteiger partial charge is 0.169 e. The van der Waals surface area contributed by atoms with Crippen LogP contribution in [0.3, 0.4) is 0 Å². The van der Waals surface area contributed by atoms with E-state index in [1.165, 1.54) is 11.1 Å². The average Bonchev–Trinajstić information content (AvgIpc) is 2.57. The van der Waals surface area contributed by atoms with Gasteiger partial charge in [-0.25, -0.2) is 0 Å². The van der Waals surface area contributed by atoms with Gasteiger partial charge in [-0.05, 0) is 30.3 Å². The molecular formula is C19H24N2OS. The van der Waals surface area contributed by atoms with Crippen LogP contribution in [0.2, 0.25) is 0 Å². The first-order chi connectivity index (χ1) is 11.1. The zero-order valence-electron chi connectivity index (χ0n) is 13.9. The first-order valence-corrected chi connectivity index (χ1v) is 8.16. The van der Waals surface area contributed by atoms with Gasteiger partial charge >= 0.3 is 0 Å². The topological polar surface area (TPSA) is 24.5 Å². The van der Waals surface area contributed by atoms with Crippen molar-refractivity contribution >= 4 is 17.3 Å². The summed E-state index contributed by atoms with van der Waals surface area (Å²) >= 11 is 5.60. The van der Waals surface area contributed by atoms with E-state index in [9.17, 15) is 0 Å². The van der Waals surface area contributed by atoms with Gasteiger partial charge in [-0.15, -0.1) is 0 Å². The quantitative estimate of drug-likeness (QED) is 0.819. The maximum Gasteiger partial charge on any atom is 0.169 e. The molecule has 1 atom stereocenters. The third-order valence-electron chi connectivity index (χ3n) is 3.72. The number of ether oxygens (including phenoxy) is 1. The van der Waals surface area contributed by atoms with E-state index < -0.39 is 0 Å². The monoisotopic (exact) mass is 328 g/mol. The normalized spacial score (nSPS) is 12.0. The number of thiocarbonyl (C=S) groups is 1. The lowest BCUT2D eigenvalue weighted by atomic mass is 9.98. The van der Waals surface area contributed by atoms with Gasteiger partial charge in [-0.2, -0.15) is 0 Å². The van der Waals surface area contributed by atoms with Gasteiger partial charge in [0.15, 0.2) is 5.11 Å². The highest BCUT2D eigenvalue weighted by molar-refractivity contribution is 7.80. The Morgan fingerprint density at radius 1 is 1.04 bits per heavy atom. The summed E-state index contributed by atoms with van der Waals surface area (Å²) in [5.74, 6) is 0. The van der Waals surface area contributed by atoms with Crippen LogP contribution < -0.4 is 5.32 Å². The maximum absolute atomic E-state index is 5.60. The van der Waals surface area contributed by atoms with Gasteiger partial charge in [0.2, 0.25) is 0 Å². The third kappa shape index (κ3) is 4.78. The fourth-order valence-electron chi connectivity index (χ4n) is 2.63. The Kier molecular flexibility index (Phi) is 6.56. The summed E-state index contributed by atoms with van der Waals surface area (Å²) in [7, 11) is 3.72. The van der Waals surface area contributed by atoms with Crippen LogP contribution in [-0.4, -0.2) is 36.8 Å². The van der Waals surface area contributed by atoms with Crippen LogP contribution in [0.25, 0.3) is 0 Å². The molecule has 0 radical (unpaired) electrons. The molecule has 122 valence electrons. The molecule has 23 heavy (non-hydrogen) atoms. The molecule has 0 fully saturated rings. The van der Waals surface area contributed by atoms with Crippen LogP contribution in [0.4, 0.5) is 0 Å². The molecule has 0 aliphatic rings. The minimum Gasteiger partial charge on any atom is -0.383 e. The van der Waals surface area contributed by atoms with Crippen molar-refractivity contribution in [2.45, 2.75) is 19.0 Å². The predicted octanol–water partition coefficient (Wildman–Crippen LogP) is 3.62. The number of rotatable bonds is 6. The number of nitrogens with one attached hydrogen (secondary N) is 1. The summed E-state index contributed by atoms with van der Waals surface area (Å²) in [6.45, 7) is 2.68. The number of benzene rings is 2. The Morgan fingerprint density at radius 3 is 1.96 bits per heavy atom. The fourth-order valence-corrected chi connectivity index (χ4v) is 2.94. The Morgan fingerprint density at radius 2 is 1.52 bits per heavy atom. The van der Waals surface area contributed by atoms with Crippen LogP contribution in [0.15, 0.2) is 60.7 Å². The standard InChI is InChI=1S/C19H24N2OS/c1-15(14-22-3)20-19(23)21(2)18(16-10-6-4-7-11-16)17-12-8-5-9-13-17/h4-13,15,18H,14H2,1-3H3,(H,20,23)/t15-/m1/s1. The predicted molar refractivity (Wildman–Crippen MR) is 99.6 cm³/mol. The van der Waals surface area contributed by atoms with Gasteiger partial charge in [-0.3, -0.25) is 0 Å². The molecule has 3 nitrogen and oxygen atoms in total. The Bertz CT molecular complexity index is 564. The SMILES string of the molecule is COC[C@@H](C)NC(=S)N(C)C(c1ccccc1)c1ccccc1. The highest BCUT2D eigenvalue weighted by Crippen LogP contribution is 2.27. The van der Waals surface area contributed by atoms with E-state index in [-0.39, 0.29) is 12.1 Å². The molecule has 0 aliphatic heterocycles. The zero-order valence-corrected chi connectivity index (χ0v) is 14.7. The summed E-state index contributed by atoms with van der Waals surface area (Å²) in [6, 6.07) is 21.1. The van der Waals surface area contributed by atoms with Crippen molar-refractivity contribution in [3.8, 4) is 0 Å². The van der Waals surface area contributed by atoms with E-state index in [2.05, 4.69) is 65.7 Å². The lowest BCUT2D eigenvalue weighted by Gasteiger charge is -2.32. The fraction of sp³-hybridized carbons (Fsp3) is 0.316. The lowest BCUT2D eigenvalue weighted by molar-refractivity contribution is 0.178. The minimum atomic E-state index is 0.0761. The lowest BCUT2D eigenvalue weighted by Crippen LogP contribution is -2.45. The molecule has 0 spiro atoms. The van der Waals surface area contributed by atoms with Crippen molar-refractivity contribution in [2.24, 2.45) is 0 Å². The van der Waals surface area contributed by atoms with E-state index in [1.54, 1.807) is 7.11 Å². The number of nitrogens with zero attached hydrogens (tertiary/aromatic N) is 1. The molecule has 1 N–H and O–H groups in total. The molecule has 0 aliphatic carbocycles. The van der Waals surface area contributed by atoms with Crippen LogP contribution in [0.5, 0.6) is 0 Å². The number of methoxy groups -OCH3 is 1. The van der Waals surface area contributed by atoms with Crippen molar-refractivity contribution < 1.29 is 4.74 Å². The number of hydrogen-bond donors (Lipinski definition) is 1. The number of hydrogen-bond acceptors (Lipinski definition) is 2. The van der Waals surface area contributed by atoms with Gasteiger partial charge in [0, 0.05) is 20.2 Å². The van der Waals surface area contributed by atoms with Crippen molar-refractivity contribution in [1.82, 2.24) is 10.2 Å². The van der Waals surface area contributed by atoms with E-state index in [0.29, 0.717) is 11.7 Å². The highest BCUT2D eigenvalue weighted by atomic mass is 32.1. The molecule has 2 aromatic rings. The van der Waals surface area contributed by atoms with Crippen LogP contribution >= 0.6 is 12.2 Å². The van der Waals surface area contributed by atoms with Gasteiger partial charge in [0.1, 0.15) is 0 Å². The van der Waals surface area contributed by atoms with Gasteiger partial charge in [-0.1, -0.05) is 60.7 Å². The first kappa shape index (κ1) is 17.4. The molecule has 4 heteroatoms. The van der Waals surface area contributed by atoms with Crippen molar-refractivity contribution in [3.05, 3.63) is 71.8 Å². The van der Waals surface area contributed by atoms with Crippen LogP contribution in [-0.2, 0) is 4.74 Å². The van der Waals surface area contributed by atoms with E-state index in [1.807, 2.05) is 19.2 Å². The summed E-state index contributed by atoms with van der Waals surface area (Å²) in [6.07, 6.45) is 0. The Hall–Kier alpha value is -1.91. The maximum atomic E-state index is 5.60. The molecule has 0 saturated heterocycles. The molecule has 0 amide bonds. The average molecular weight is 328 g/mol. The first-order valence-electron chi connectivity index (χ1n) is 7.75. The Labute approximate surface area is 144 Å². The second-order valence-electron chi connectivity index (χ2n) is 5.64. The molecule has 0 heterocycles. The van der Waals surface area contributed by atoms with E-state index in [4.69, 9.17) is 17.0 Å². The minimum absolute atomic E-state index is 0.0761. The molecule has 2 rings (SSSR count). The molecule has 0 saturated carbocycles. The molecular weight excluding hydrogens is 304 g/mol. The van der Waals surface area contributed by atoms with Crippen molar-refractivity contribution in [3.63, 3.8) is 0 Å². The molecule has 2 aromatic carbocycles. The van der Waals surface area contributed by atoms with Crippen LogP contribution in [0, 0.1) is 0 Å². The van der Waals surface area contributed by atoms with Crippen LogP contribution in [0.1, 0.15) is 24.1 Å². The molecule has 0 unspecified atom stereocenters. The largest absolute Gasteiger partial charge is 0.383 e. The Balaban J connectivity index is 2.25. The van der Waals surface area contributed by atoms with E-state index in [0.717, 1.165) is 0 Å². The summed E-state index contributed by atoms with van der Waals surface area (Å²) in [5.41, 5.74) is 2.43. The third-order valence-corrected chi connectivity index (χ3v) is 4.13. The summed E-state index contributed by atoms with van der Waals surface area (Å²) < 4.78 is 5.17. The summed E-state index contributed by atoms with van der Waals surface area (Å²) in [5, 5.41) is 4.05. The molecule has 0 bridgehead atoms. The highest BCUT2D eigenvalue weighted by Gasteiger charge is 2.21. The summed E-state index contributed by atoms with van der Waals surface area (Å²) in [4.78, 5) is 2.10. The van der Waals surface area contributed by atoms with Gasteiger partial charge in [0.25, 0.3) is 0 Å².